The van der Waals surface area contributed by atoms with Crippen molar-refractivity contribution in [2.75, 3.05) is 11.9 Å². The average Bonchev–Trinajstić information content (AvgIpc) is 3.51. The van der Waals surface area contributed by atoms with E-state index in [1.807, 2.05) is 0 Å². The summed E-state index contributed by atoms with van der Waals surface area (Å²) in [5, 5.41) is 22.6. The Labute approximate surface area is 205 Å². The molecule has 0 spiro atoms. The molecule has 2 saturated heterocycles. The van der Waals surface area contributed by atoms with Crippen LogP contribution < -0.4 is 10.2 Å². The number of pyridine rings is 1. The van der Waals surface area contributed by atoms with Crippen LogP contribution in [0.1, 0.15) is 25.7 Å². The number of H-pyrrole nitrogens is 1. The third-order valence-corrected chi connectivity index (χ3v) is 8.29. The Kier molecular flexibility index (Phi) is 6.60. The Balaban J connectivity index is 0.00000122. The quantitative estimate of drug-likeness (QED) is 0.371. The molecule has 12 heteroatoms. The van der Waals surface area contributed by atoms with Gasteiger partial charge in [0.05, 0.1) is 6.20 Å². The first-order valence-corrected chi connectivity index (χ1v) is 11.7. The van der Waals surface area contributed by atoms with Crippen molar-refractivity contribution in [3.8, 4) is 27.6 Å². The van der Waals surface area contributed by atoms with Crippen molar-refractivity contribution in [3.63, 3.8) is 0 Å². The highest BCUT2D eigenvalue weighted by Crippen LogP contribution is 2.40. The molecule has 1 unspecified atom stereocenters. The molecule has 6 rings (SSSR count). The highest BCUT2D eigenvalue weighted by molar-refractivity contribution is 7.29. The summed E-state index contributed by atoms with van der Waals surface area (Å²) < 4.78 is 0. The molecule has 3 atom stereocenters. The van der Waals surface area contributed by atoms with E-state index in [-0.39, 0.29) is 30.6 Å². The molecule has 6 heterocycles. The van der Waals surface area contributed by atoms with Crippen molar-refractivity contribution in [3.05, 3.63) is 24.7 Å². The molecular formula is C20H23Cl2N7OS2. The van der Waals surface area contributed by atoms with Gasteiger partial charge in [-0.2, -0.15) is 5.10 Å². The maximum Gasteiger partial charge on any atom is 0.188 e. The molecule has 0 saturated carbocycles. The van der Waals surface area contributed by atoms with Crippen LogP contribution in [0.5, 0.6) is 5.75 Å². The van der Waals surface area contributed by atoms with E-state index >= 15 is 0 Å². The number of hydrogen-bond donors (Lipinski definition) is 3. The fraction of sp³-hybridized carbons (Fsp3) is 0.400. The summed E-state index contributed by atoms with van der Waals surface area (Å²) in [6, 6.07) is 3.53. The first-order chi connectivity index (χ1) is 14.6. The van der Waals surface area contributed by atoms with Crippen LogP contribution in [0.3, 0.4) is 0 Å². The molecule has 0 aliphatic carbocycles. The number of aromatic hydroxyl groups is 1. The van der Waals surface area contributed by atoms with Crippen LogP contribution in [0.4, 0.5) is 5.13 Å². The number of hydrogen-bond acceptors (Lipinski definition) is 9. The van der Waals surface area contributed by atoms with Crippen LogP contribution in [-0.4, -0.2) is 55.4 Å². The normalized spacial score (nSPS) is 21.8. The van der Waals surface area contributed by atoms with Gasteiger partial charge >= 0.3 is 0 Å². The number of nitrogens with one attached hydrogen (secondary N) is 2. The van der Waals surface area contributed by atoms with Crippen molar-refractivity contribution in [2.45, 2.75) is 43.8 Å². The molecule has 3 N–H and O–H groups in total. The van der Waals surface area contributed by atoms with Gasteiger partial charge in [0.1, 0.15) is 16.5 Å². The predicted molar refractivity (Wildman–Crippen MR) is 134 cm³/mol. The molecule has 2 aliphatic heterocycles. The summed E-state index contributed by atoms with van der Waals surface area (Å²) in [5.41, 5.74) is 2.17. The second-order valence-corrected chi connectivity index (χ2v) is 10.0. The topological polar surface area (TPSA) is 103 Å². The van der Waals surface area contributed by atoms with E-state index < -0.39 is 0 Å². The number of aromatic nitrogens is 5. The summed E-state index contributed by atoms with van der Waals surface area (Å²) in [6.45, 7) is 0. The number of nitrogens with zero attached hydrogens (tertiary/aromatic N) is 5. The predicted octanol–water partition coefficient (Wildman–Crippen LogP) is 4.47. The van der Waals surface area contributed by atoms with E-state index in [9.17, 15) is 5.11 Å². The maximum absolute atomic E-state index is 10.5. The lowest BCUT2D eigenvalue weighted by Crippen LogP contribution is -2.47. The standard InChI is InChI=1S/C20H21N7OS2.2ClH/c1-27(14-5-12-2-3-13(6-14)24-12)20-26-19-18(30-20)25-17(29-19)16-15(28)4-10(7-21-16)11-8-22-23-9-11;;/h4,7-9,12-14,24,28H,2-3,5-6H2,1H3,(H,22,23);2*1H/t12-,13+,14?;;. The minimum absolute atomic E-state index is 0. The van der Waals surface area contributed by atoms with Crippen LogP contribution in [-0.2, 0) is 0 Å². The van der Waals surface area contributed by atoms with Crippen LogP contribution >= 0.6 is 47.5 Å². The number of anilines is 1. The average molecular weight is 512 g/mol. The van der Waals surface area contributed by atoms with Gasteiger partial charge in [-0.3, -0.25) is 5.10 Å². The van der Waals surface area contributed by atoms with E-state index in [1.54, 1.807) is 36.0 Å². The lowest BCUT2D eigenvalue weighted by molar-refractivity contribution is 0.354. The van der Waals surface area contributed by atoms with Gasteiger partial charge in [-0.1, -0.05) is 22.7 Å². The summed E-state index contributed by atoms with van der Waals surface area (Å²) in [4.78, 5) is 18.1. The molecule has 4 aromatic rings. The highest BCUT2D eigenvalue weighted by atomic mass is 35.5. The Morgan fingerprint density at radius 2 is 1.78 bits per heavy atom. The van der Waals surface area contributed by atoms with Gasteiger partial charge in [0.15, 0.2) is 14.8 Å². The summed E-state index contributed by atoms with van der Waals surface area (Å²) in [7, 11) is 2.15. The summed E-state index contributed by atoms with van der Waals surface area (Å²) in [5.74, 6) is 0.109. The van der Waals surface area contributed by atoms with E-state index in [0.29, 0.717) is 28.8 Å². The fourth-order valence-electron chi connectivity index (χ4n) is 4.57. The SMILES string of the molecule is CN(c1nc2sc(-c3ncc(-c4cn[nH]c4)cc3O)nc2s1)C1C[C@H]2CC[C@@H](C1)N2.Cl.Cl. The number of thiazole rings is 2. The number of halogens is 2. The Hall–Kier alpha value is -1.98. The van der Waals surface area contributed by atoms with Crippen molar-refractivity contribution in [1.29, 1.82) is 0 Å². The first kappa shape index (κ1) is 23.2. The monoisotopic (exact) mass is 511 g/mol. The number of fused-ring (bicyclic) bond motifs is 3. The summed E-state index contributed by atoms with van der Waals surface area (Å²) in [6.07, 6.45) is 10.1. The van der Waals surface area contributed by atoms with Gasteiger partial charge < -0.3 is 15.3 Å². The maximum atomic E-state index is 10.5. The minimum atomic E-state index is 0. The van der Waals surface area contributed by atoms with Gasteiger partial charge in [-0.15, -0.1) is 24.8 Å². The fourth-order valence-corrected chi connectivity index (χ4v) is 6.65. The smallest absolute Gasteiger partial charge is 0.188 e. The van der Waals surface area contributed by atoms with Gasteiger partial charge in [0.2, 0.25) is 0 Å². The van der Waals surface area contributed by atoms with Gasteiger partial charge in [-0.25, -0.2) is 15.0 Å². The van der Waals surface area contributed by atoms with Gasteiger partial charge in [0.25, 0.3) is 0 Å². The third kappa shape index (κ3) is 4.06. The Morgan fingerprint density at radius 3 is 2.44 bits per heavy atom. The van der Waals surface area contributed by atoms with Crippen molar-refractivity contribution in [1.82, 2.24) is 30.5 Å². The molecule has 170 valence electrons. The third-order valence-electron chi connectivity index (χ3n) is 6.16. The molecule has 32 heavy (non-hydrogen) atoms. The highest BCUT2D eigenvalue weighted by Gasteiger charge is 2.36. The van der Waals surface area contributed by atoms with Gasteiger partial charge in [-0.05, 0) is 31.7 Å². The van der Waals surface area contributed by atoms with Crippen molar-refractivity contribution < 1.29 is 5.11 Å². The van der Waals surface area contributed by atoms with E-state index in [1.165, 1.54) is 37.0 Å². The largest absolute Gasteiger partial charge is 0.506 e. The molecule has 2 fully saturated rings. The zero-order valence-electron chi connectivity index (χ0n) is 17.2. The second-order valence-electron chi connectivity index (χ2n) is 8.08. The Morgan fingerprint density at radius 1 is 1.03 bits per heavy atom. The van der Waals surface area contributed by atoms with E-state index in [0.717, 1.165) is 25.9 Å². The number of rotatable bonds is 4. The number of aromatic amines is 1. The Bertz CT molecular complexity index is 1170. The lowest BCUT2D eigenvalue weighted by atomic mass is 9.99. The molecule has 8 nitrogen and oxygen atoms in total. The van der Waals surface area contributed by atoms with Crippen LogP contribution in [0.15, 0.2) is 24.7 Å². The van der Waals surface area contributed by atoms with Crippen LogP contribution in [0.2, 0.25) is 0 Å². The molecule has 4 aromatic heterocycles. The first-order valence-electron chi connectivity index (χ1n) is 10.1. The molecule has 0 radical (unpaired) electrons. The van der Waals surface area contributed by atoms with Gasteiger partial charge in [0, 0.05) is 48.7 Å². The number of piperidine rings is 1. The van der Waals surface area contributed by atoms with E-state index in [4.69, 9.17) is 9.97 Å². The van der Waals surface area contributed by atoms with Crippen molar-refractivity contribution in [2.24, 2.45) is 0 Å². The van der Waals surface area contributed by atoms with E-state index in [2.05, 4.69) is 32.4 Å². The molecule has 2 bridgehead atoms. The summed E-state index contributed by atoms with van der Waals surface area (Å²) >= 11 is 3.09. The molecule has 2 aliphatic rings. The zero-order chi connectivity index (χ0) is 20.2. The molecular weight excluding hydrogens is 489 g/mol. The second kappa shape index (κ2) is 9.11. The van der Waals surface area contributed by atoms with Crippen LogP contribution in [0, 0.1) is 0 Å². The van der Waals surface area contributed by atoms with Crippen molar-refractivity contribution >= 4 is 62.3 Å². The molecule has 0 amide bonds. The zero-order valence-corrected chi connectivity index (χ0v) is 20.5. The van der Waals surface area contributed by atoms with Crippen LogP contribution in [0.25, 0.3) is 31.5 Å². The minimum Gasteiger partial charge on any atom is -0.506 e. The lowest BCUT2D eigenvalue weighted by Gasteiger charge is -2.35. The molecule has 0 aromatic carbocycles.